The molecular formula is C12H14Cl2N4. The second kappa shape index (κ2) is 6.35. The van der Waals surface area contributed by atoms with Crippen LogP contribution in [0.25, 0.3) is 0 Å². The summed E-state index contributed by atoms with van der Waals surface area (Å²) in [6.45, 7) is 3.62. The number of rotatable bonds is 3. The molecule has 18 heavy (non-hydrogen) atoms. The van der Waals surface area contributed by atoms with E-state index in [1.807, 2.05) is 0 Å². The van der Waals surface area contributed by atoms with Crippen molar-refractivity contribution >= 4 is 23.2 Å². The molecule has 0 aromatic carbocycles. The number of halogens is 2. The fourth-order valence-electron chi connectivity index (χ4n) is 2.23. The van der Waals surface area contributed by atoms with E-state index in [0.717, 1.165) is 31.7 Å². The summed E-state index contributed by atoms with van der Waals surface area (Å²) in [5.74, 6) is 0. The van der Waals surface area contributed by atoms with Crippen molar-refractivity contribution in [3.8, 4) is 6.07 Å². The van der Waals surface area contributed by atoms with Crippen LogP contribution in [0.5, 0.6) is 0 Å². The van der Waals surface area contributed by atoms with Crippen LogP contribution >= 0.6 is 23.2 Å². The van der Waals surface area contributed by atoms with Gasteiger partial charge in [0.2, 0.25) is 0 Å². The van der Waals surface area contributed by atoms with Gasteiger partial charge in [0.1, 0.15) is 0 Å². The maximum atomic E-state index is 9.02. The average Bonchev–Trinajstić information content (AvgIpc) is 2.38. The van der Waals surface area contributed by atoms with Gasteiger partial charge in [-0.15, -0.1) is 0 Å². The van der Waals surface area contributed by atoms with E-state index in [2.05, 4.69) is 21.3 Å². The predicted octanol–water partition coefficient (Wildman–Crippen LogP) is 2.25. The zero-order chi connectivity index (χ0) is 13.0. The van der Waals surface area contributed by atoms with Gasteiger partial charge in [-0.25, -0.2) is 0 Å². The largest absolute Gasteiger partial charge is 0.314 e. The van der Waals surface area contributed by atoms with E-state index < -0.39 is 0 Å². The molecule has 1 N–H and O–H groups in total. The first-order valence-corrected chi connectivity index (χ1v) is 6.60. The Labute approximate surface area is 117 Å². The molecule has 1 saturated heterocycles. The molecule has 2 heterocycles. The standard InChI is InChI=1S/C12H14Cl2N4/c13-9-7-17-8-10(14)12(9)11(1-2-15)18-5-3-16-4-6-18/h7-8,11,16H,1,3-6H2/t11-/m0/s1. The highest BCUT2D eigenvalue weighted by Crippen LogP contribution is 2.34. The third-order valence-corrected chi connectivity index (χ3v) is 3.70. The molecule has 4 nitrogen and oxygen atoms in total. The van der Waals surface area contributed by atoms with Crippen LogP contribution in [0.1, 0.15) is 18.0 Å². The van der Waals surface area contributed by atoms with Crippen LogP contribution in [-0.2, 0) is 0 Å². The molecule has 1 aliphatic heterocycles. The molecule has 0 radical (unpaired) electrons. The second-order valence-electron chi connectivity index (χ2n) is 4.18. The fourth-order valence-corrected chi connectivity index (χ4v) is 2.85. The Balaban J connectivity index is 2.31. The van der Waals surface area contributed by atoms with Crippen molar-refractivity contribution in [2.75, 3.05) is 26.2 Å². The Morgan fingerprint density at radius 2 is 1.94 bits per heavy atom. The Morgan fingerprint density at radius 1 is 1.33 bits per heavy atom. The number of hydrogen-bond acceptors (Lipinski definition) is 4. The first kappa shape index (κ1) is 13.6. The monoisotopic (exact) mass is 284 g/mol. The lowest BCUT2D eigenvalue weighted by Gasteiger charge is -2.34. The van der Waals surface area contributed by atoms with E-state index in [4.69, 9.17) is 28.5 Å². The van der Waals surface area contributed by atoms with Crippen molar-refractivity contribution < 1.29 is 0 Å². The van der Waals surface area contributed by atoms with Crippen molar-refractivity contribution in [2.45, 2.75) is 12.5 Å². The number of pyridine rings is 1. The van der Waals surface area contributed by atoms with Gasteiger partial charge in [-0.3, -0.25) is 9.88 Å². The molecule has 0 aliphatic carbocycles. The minimum absolute atomic E-state index is 0.0555. The topological polar surface area (TPSA) is 52.0 Å². The molecule has 1 atom stereocenters. The van der Waals surface area contributed by atoms with Crippen LogP contribution in [0.4, 0.5) is 0 Å². The van der Waals surface area contributed by atoms with Crippen molar-refractivity contribution in [1.82, 2.24) is 15.2 Å². The van der Waals surface area contributed by atoms with Crippen LogP contribution in [0.2, 0.25) is 10.0 Å². The smallest absolute Gasteiger partial charge is 0.0652 e. The second-order valence-corrected chi connectivity index (χ2v) is 5.00. The van der Waals surface area contributed by atoms with Crippen LogP contribution in [0, 0.1) is 11.3 Å². The molecule has 2 rings (SSSR count). The van der Waals surface area contributed by atoms with E-state index in [0.29, 0.717) is 16.5 Å². The predicted molar refractivity (Wildman–Crippen MR) is 71.7 cm³/mol. The highest BCUT2D eigenvalue weighted by molar-refractivity contribution is 6.35. The fraction of sp³-hybridized carbons (Fsp3) is 0.500. The van der Waals surface area contributed by atoms with Crippen LogP contribution < -0.4 is 5.32 Å². The summed E-state index contributed by atoms with van der Waals surface area (Å²) in [6, 6.07) is 2.16. The third kappa shape index (κ3) is 2.93. The van der Waals surface area contributed by atoms with Gasteiger partial charge in [-0.05, 0) is 0 Å². The molecule has 1 aliphatic rings. The molecule has 0 unspecified atom stereocenters. The Morgan fingerprint density at radius 3 is 2.50 bits per heavy atom. The van der Waals surface area contributed by atoms with Gasteiger partial charge < -0.3 is 5.32 Å². The van der Waals surface area contributed by atoms with E-state index in [1.54, 1.807) is 12.4 Å². The van der Waals surface area contributed by atoms with Crippen molar-refractivity contribution in [1.29, 1.82) is 5.26 Å². The summed E-state index contributed by atoms with van der Waals surface area (Å²) in [7, 11) is 0. The van der Waals surface area contributed by atoms with Gasteiger partial charge in [0, 0.05) is 44.1 Å². The zero-order valence-corrected chi connectivity index (χ0v) is 11.4. The molecule has 0 bridgehead atoms. The van der Waals surface area contributed by atoms with Crippen LogP contribution in [-0.4, -0.2) is 36.1 Å². The highest BCUT2D eigenvalue weighted by Gasteiger charge is 2.26. The number of nitriles is 1. The van der Waals surface area contributed by atoms with Gasteiger partial charge in [-0.1, -0.05) is 23.2 Å². The van der Waals surface area contributed by atoms with Crippen molar-refractivity contribution in [3.05, 3.63) is 28.0 Å². The van der Waals surface area contributed by atoms with Crippen LogP contribution in [0.3, 0.4) is 0 Å². The normalized spacial score (nSPS) is 18.3. The maximum Gasteiger partial charge on any atom is 0.0652 e. The van der Waals surface area contributed by atoms with E-state index in [9.17, 15) is 0 Å². The molecule has 1 aromatic heterocycles. The Hall–Kier alpha value is -0.860. The summed E-state index contributed by atoms with van der Waals surface area (Å²) in [5.41, 5.74) is 0.816. The SMILES string of the molecule is N#CC[C@@H](c1c(Cl)cncc1Cl)N1CCNCC1. The molecule has 1 aromatic rings. The number of hydrogen-bond donors (Lipinski definition) is 1. The summed E-state index contributed by atoms with van der Waals surface area (Å²) < 4.78 is 0. The third-order valence-electron chi connectivity index (χ3n) is 3.10. The highest BCUT2D eigenvalue weighted by atomic mass is 35.5. The molecule has 6 heteroatoms. The average molecular weight is 285 g/mol. The van der Waals surface area contributed by atoms with Gasteiger partial charge >= 0.3 is 0 Å². The molecular weight excluding hydrogens is 271 g/mol. The lowest BCUT2D eigenvalue weighted by atomic mass is 10.0. The Kier molecular flexibility index (Phi) is 4.79. The first-order chi connectivity index (χ1) is 8.74. The number of nitrogens with one attached hydrogen (secondary N) is 1. The Bertz CT molecular complexity index is 432. The van der Waals surface area contributed by atoms with Gasteiger partial charge in [-0.2, -0.15) is 5.26 Å². The molecule has 1 fully saturated rings. The van der Waals surface area contributed by atoms with E-state index >= 15 is 0 Å². The lowest BCUT2D eigenvalue weighted by Crippen LogP contribution is -2.45. The van der Waals surface area contributed by atoms with Gasteiger partial charge in [0.25, 0.3) is 0 Å². The van der Waals surface area contributed by atoms with Crippen molar-refractivity contribution in [3.63, 3.8) is 0 Å². The zero-order valence-electron chi connectivity index (χ0n) is 9.87. The first-order valence-electron chi connectivity index (χ1n) is 5.84. The summed E-state index contributed by atoms with van der Waals surface area (Å²) in [6.07, 6.45) is 3.54. The van der Waals surface area contributed by atoms with Gasteiger partial charge in [0.05, 0.1) is 28.6 Å². The van der Waals surface area contributed by atoms with E-state index in [-0.39, 0.29) is 6.04 Å². The lowest BCUT2D eigenvalue weighted by molar-refractivity contribution is 0.175. The quantitative estimate of drug-likeness (QED) is 0.925. The minimum Gasteiger partial charge on any atom is -0.314 e. The van der Waals surface area contributed by atoms with Crippen LogP contribution in [0.15, 0.2) is 12.4 Å². The molecule has 96 valence electrons. The molecule has 0 amide bonds. The summed E-state index contributed by atoms with van der Waals surface area (Å²) in [4.78, 5) is 6.20. The number of nitrogens with zero attached hydrogens (tertiary/aromatic N) is 3. The van der Waals surface area contributed by atoms with Gasteiger partial charge in [0.15, 0.2) is 0 Å². The minimum atomic E-state index is -0.0555. The van der Waals surface area contributed by atoms with Crippen molar-refractivity contribution in [2.24, 2.45) is 0 Å². The molecule has 0 saturated carbocycles. The summed E-state index contributed by atoms with van der Waals surface area (Å²) >= 11 is 12.4. The number of aromatic nitrogens is 1. The van der Waals surface area contributed by atoms with E-state index in [1.165, 1.54) is 0 Å². The molecule has 0 spiro atoms. The summed E-state index contributed by atoms with van der Waals surface area (Å²) in [5, 5.41) is 13.4. The number of piperazine rings is 1. The maximum absolute atomic E-state index is 9.02.